The van der Waals surface area contributed by atoms with Crippen molar-refractivity contribution in [2.45, 2.75) is 46.1 Å². The number of likely N-dealkylation sites (tertiary alicyclic amines) is 1. The van der Waals surface area contributed by atoms with Crippen LogP contribution in [0.2, 0.25) is 5.02 Å². The van der Waals surface area contributed by atoms with Gasteiger partial charge in [0.15, 0.2) is 5.78 Å². The topological polar surface area (TPSA) is 40.5 Å². The molecule has 0 atom stereocenters. The van der Waals surface area contributed by atoms with Crippen LogP contribution >= 0.6 is 11.6 Å². The number of hydrogen-bond donors (Lipinski definition) is 1. The summed E-state index contributed by atoms with van der Waals surface area (Å²) in [7, 11) is 0. The van der Waals surface area contributed by atoms with Crippen molar-refractivity contribution in [3.8, 4) is 5.75 Å². The van der Waals surface area contributed by atoms with E-state index in [2.05, 4.69) is 11.8 Å². The molecule has 3 nitrogen and oxygen atoms in total. The van der Waals surface area contributed by atoms with Crippen molar-refractivity contribution in [3.05, 3.63) is 28.3 Å². The Bertz CT molecular complexity index is 508. The summed E-state index contributed by atoms with van der Waals surface area (Å²) in [6.45, 7) is 6.44. The third-order valence-electron chi connectivity index (χ3n) is 4.33. The van der Waals surface area contributed by atoms with E-state index in [1.165, 1.54) is 38.7 Å². The van der Waals surface area contributed by atoms with Crippen LogP contribution in [0.1, 0.15) is 55.5 Å². The molecule has 0 bridgehead atoms. The summed E-state index contributed by atoms with van der Waals surface area (Å²) in [6, 6.07) is 3.30. The number of ketones is 1. The number of phenolic OH excluding ortho intramolecular Hbond substituents is 1. The number of carbonyl (C=O) groups is 1. The van der Waals surface area contributed by atoms with Gasteiger partial charge in [0.2, 0.25) is 0 Å². The highest BCUT2D eigenvalue weighted by Crippen LogP contribution is 2.30. The molecule has 2 rings (SSSR count). The monoisotopic (exact) mass is 309 g/mol. The van der Waals surface area contributed by atoms with E-state index in [1.807, 2.05) is 0 Å². The molecule has 0 aromatic heterocycles. The molecule has 1 fully saturated rings. The lowest BCUT2D eigenvalue weighted by molar-refractivity contribution is 0.101. The van der Waals surface area contributed by atoms with Gasteiger partial charge >= 0.3 is 0 Å². The molecule has 0 saturated carbocycles. The highest BCUT2D eigenvalue weighted by Gasteiger charge is 2.21. The number of nitrogens with zero attached hydrogens (tertiary/aromatic N) is 1. The first-order chi connectivity index (χ1) is 10.0. The summed E-state index contributed by atoms with van der Waals surface area (Å²) in [4.78, 5) is 13.9. The maximum atomic E-state index is 11.5. The van der Waals surface area contributed by atoms with Gasteiger partial charge in [0.05, 0.1) is 5.56 Å². The predicted molar refractivity (Wildman–Crippen MR) is 86.0 cm³/mol. The van der Waals surface area contributed by atoms with Gasteiger partial charge in [-0.1, -0.05) is 31.4 Å². The first-order valence-electron chi connectivity index (χ1n) is 7.76. The number of phenols is 1. The van der Waals surface area contributed by atoms with E-state index in [0.717, 1.165) is 24.6 Å². The molecule has 1 aliphatic rings. The normalized spacial score (nSPS) is 17.1. The summed E-state index contributed by atoms with van der Waals surface area (Å²) in [6.07, 6.45) is 5.00. The van der Waals surface area contributed by atoms with Gasteiger partial charge in [-0.25, -0.2) is 0 Å². The van der Waals surface area contributed by atoms with Crippen LogP contribution in [0, 0.1) is 5.92 Å². The first-order valence-corrected chi connectivity index (χ1v) is 8.13. The Kier molecular flexibility index (Phi) is 5.65. The Morgan fingerprint density at radius 2 is 2.05 bits per heavy atom. The van der Waals surface area contributed by atoms with Gasteiger partial charge in [-0.2, -0.15) is 0 Å². The van der Waals surface area contributed by atoms with Crippen molar-refractivity contribution in [2.24, 2.45) is 5.92 Å². The molecule has 1 aliphatic heterocycles. The number of piperidine rings is 1. The zero-order chi connectivity index (χ0) is 15.4. The first kappa shape index (κ1) is 16.3. The summed E-state index contributed by atoms with van der Waals surface area (Å²) in [5.41, 5.74) is 1.07. The molecule has 0 radical (unpaired) electrons. The lowest BCUT2D eigenvalue weighted by Crippen LogP contribution is -2.33. The molecular formula is C17H24ClNO2. The standard InChI is InChI=1S/C17H24ClNO2/c1-3-4-13-5-7-19(8-6-13)11-14-9-15(18)10-16(12(2)20)17(14)21/h9-10,13,21H,3-8,11H2,1-2H3. The fraction of sp³-hybridized carbons (Fsp3) is 0.588. The van der Waals surface area contributed by atoms with Gasteiger partial charge in [0.1, 0.15) is 5.75 Å². The van der Waals surface area contributed by atoms with Crippen LogP contribution in [0.15, 0.2) is 12.1 Å². The highest BCUT2D eigenvalue weighted by molar-refractivity contribution is 6.31. The Morgan fingerprint density at radius 1 is 1.38 bits per heavy atom. The number of halogens is 1. The smallest absolute Gasteiger partial charge is 0.163 e. The molecule has 0 amide bonds. The molecular weight excluding hydrogens is 286 g/mol. The molecule has 0 unspecified atom stereocenters. The van der Waals surface area contributed by atoms with Crippen molar-refractivity contribution in [3.63, 3.8) is 0 Å². The van der Waals surface area contributed by atoms with Crippen LogP contribution in [-0.2, 0) is 6.54 Å². The van der Waals surface area contributed by atoms with E-state index in [0.29, 0.717) is 17.1 Å². The number of hydrogen-bond acceptors (Lipinski definition) is 3. The Balaban J connectivity index is 2.05. The van der Waals surface area contributed by atoms with Crippen LogP contribution in [0.25, 0.3) is 0 Å². The van der Waals surface area contributed by atoms with Crippen molar-refractivity contribution in [1.82, 2.24) is 4.90 Å². The van der Waals surface area contributed by atoms with E-state index >= 15 is 0 Å². The second-order valence-corrected chi connectivity index (χ2v) is 6.46. The average Bonchev–Trinajstić information content (AvgIpc) is 2.44. The third-order valence-corrected chi connectivity index (χ3v) is 4.55. The van der Waals surface area contributed by atoms with Gasteiger partial charge in [-0.15, -0.1) is 0 Å². The third kappa shape index (κ3) is 4.21. The maximum Gasteiger partial charge on any atom is 0.163 e. The van der Waals surface area contributed by atoms with E-state index in [4.69, 9.17) is 11.6 Å². The molecule has 1 aromatic rings. The van der Waals surface area contributed by atoms with Gasteiger partial charge < -0.3 is 5.11 Å². The number of benzene rings is 1. The van der Waals surface area contributed by atoms with Crippen molar-refractivity contribution < 1.29 is 9.90 Å². The zero-order valence-electron chi connectivity index (χ0n) is 12.9. The SMILES string of the molecule is CCCC1CCN(Cc2cc(Cl)cc(C(C)=O)c2O)CC1. The Morgan fingerprint density at radius 3 is 2.62 bits per heavy atom. The molecule has 1 aromatic carbocycles. The predicted octanol–water partition coefficient (Wildman–Crippen LogP) is 4.26. The summed E-state index contributed by atoms with van der Waals surface area (Å²) in [5.74, 6) is 0.771. The minimum absolute atomic E-state index is 0.0857. The van der Waals surface area contributed by atoms with Crippen molar-refractivity contribution >= 4 is 17.4 Å². The Labute approximate surface area is 131 Å². The van der Waals surface area contributed by atoms with Crippen LogP contribution in [0.4, 0.5) is 0 Å². The average molecular weight is 310 g/mol. The summed E-state index contributed by atoms with van der Waals surface area (Å²) in [5, 5.41) is 10.8. The molecule has 116 valence electrons. The van der Waals surface area contributed by atoms with E-state index in [-0.39, 0.29) is 11.5 Å². The molecule has 1 N–H and O–H groups in total. The van der Waals surface area contributed by atoms with Gasteiger partial charge in [-0.05, 0) is 50.9 Å². The zero-order valence-corrected chi connectivity index (χ0v) is 13.6. The minimum Gasteiger partial charge on any atom is -0.507 e. The van der Waals surface area contributed by atoms with E-state index < -0.39 is 0 Å². The number of carbonyl (C=O) groups excluding carboxylic acids is 1. The van der Waals surface area contributed by atoms with Crippen LogP contribution in [0.3, 0.4) is 0 Å². The van der Waals surface area contributed by atoms with Crippen LogP contribution in [0.5, 0.6) is 5.75 Å². The highest BCUT2D eigenvalue weighted by atomic mass is 35.5. The van der Waals surface area contributed by atoms with Crippen LogP contribution < -0.4 is 0 Å². The van der Waals surface area contributed by atoms with Crippen molar-refractivity contribution in [1.29, 1.82) is 0 Å². The Hall–Kier alpha value is -1.06. The van der Waals surface area contributed by atoms with Crippen LogP contribution in [-0.4, -0.2) is 28.9 Å². The summed E-state index contributed by atoms with van der Waals surface area (Å²) >= 11 is 6.07. The largest absolute Gasteiger partial charge is 0.507 e. The number of aromatic hydroxyl groups is 1. The second kappa shape index (κ2) is 7.28. The lowest BCUT2D eigenvalue weighted by atomic mass is 9.92. The quantitative estimate of drug-likeness (QED) is 0.826. The molecule has 21 heavy (non-hydrogen) atoms. The van der Waals surface area contributed by atoms with Crippen molar-refractivity contribution in [2.75, 3.05) is 13.1 Å². The van der Waals surface area contributed by atoms with E-state index in [1.54, 1.807) is 6.07 Å². The fourth-order valence-corrected chi connectivity index (χ4v) is 3.37. The summed E-state index contributed by atoms with van der Waals surface area (Å²) < 4.78 is 0. The molecule has 4 heteroatoms. The van der Waals surface area contributed by atoms with Gasteiger partial charge in [0, 0.05) is 17.1 Å². The van der Waals surface area contributed by atoms with Gasteiger partial charge in [-0.3, -0.25) is 9.69 Å². The number of Topliss-reactive ketones (excluding diaryl/α,β-unsaturated/α-hetero) is 1. The maximum absolute atomic E-state index is 11.5. The molecule has 1 saturated heterocycles. The van der Waals surface area contributed by atoms with E-state index in [9.17, 15) is 9.90 Å². The van der Waals surface area contributed by atoms with Gasteiger partial charge in [0.25, 0.3) is 0 Å². The lowest BCUT2D eigenvalue weighted by Gasteiger charge is -2.32. The molecule has 0 spiro atoms. The molecule has 1 heterocycles. The fourth-order valence-electron chi connectivity index (χ4n) is 3.13. The minimum atomic E-state index is -0.155. The second-order valence-electron chi connectivity index (χ2n) is 6.03. The molecule has 0 aliphatic carbocycles. The number of rotatable bonds is 5.